The first-order valence-corrected chi connectivity index (χ1v) is 5.00. The molecule has 0 heterocycles. The fraction of sp³-hybridized carbons (Fsp3) is 1.00. The van der Waals surface area contributed by atoms with Gasteiger partial charge in [-0.15, -0.1) is 0 Å². The third-order valence-electron chi connectivity index (χ3n) is 2.61. The third-order valence-corrected chi connectivity index (χ3v) is 2.61. The second-order valence-electron chi connectivity index (χ2n) is 3.44. The van der Waals surface area contributed by atoms with E-state index < -0.39 is 0 Å². The van der Waals surface area contributed by atoms with Crippen molar-refractivity contribution in [2.75, 3.05) is 33.9 Å². The average molecular weight is 270 g/mol. The van der Waals surface area contributed by atoms with E-state index in [0.29, 0.717) is 20.0 Å². The highest BCUT2D eigenvalue weighted by molar-refractivity contribution is 4.75. The minimum atomic E-state index is -0.230. The van der Waals surface area contributed by atoms with E-state index in [1.54, 1.807) is 7.11 Å². The summed E-state index contributed by atoms with van der Waals surface area (Å²) >= 11 is 0. The molecule has 0 aliphatic heterocycles. The Morgan fingerprint density at radius 3 is 1.67 bits per heavy atom. The highest BCUT2D eigenvalue weighted by atomic mass is 16.7. The molecule has 0 aromatic heterocycles. The lowest BCUT2D eigenvalue weighted by Crippen LogP contribution is -2.31. The summed E-state index contributed by atoms with van der Waals surface area (Å²) in [6.45, 7) is 5.40. The molecule has 0 aliphatic carbocycles. The maximum atomic E-state index is 8.60. The number of hydrogen-bond donors (Lipinski definition) is 1. The van der Waals surface area contributed by atoms with Crippen molar-refractivity contribution in [3.8, 4) is 0 Å². The van der Waals surface area contributed by atoms with Crippen LogP contribution in [0.25, 0.3) is 0 Å². The average Bonchev–Trinajstić information content (AvgIpc) is 2.24. The first kappa shape index (κ1) is 30.7. The first-order valence-electron chi connectivity index (χ1n) is 5.00. The van der Waals surface area contributed by atoms with Gasteiger partial charge in [-0.25, -0.2) is 0 Å². The summed E-state index contributed by atoms with van der Waals surface area (Å²) in [4.78, 5) is 0. The number of aliphatic hydroxyl groups excluding tert-OH is 1. The monoisotopic (exact) mass is 270 g/mol. The highest BCUT2D eigenvalue weighted by Gasteiger charge is 2.26. The second-order valence-corrected chi connectivity index (χ2v) is 3.44. The van der Waals surface area contributed by atoms with Crippen molar-refractivity contribution in [2.45, 2.75) is 56.4 Å². The molecule has 0 radical (unpaired) electrons. The molecule has 1 N–H and O–H groups in total. The molecular formula is C14H38O4. The molecule has 0 atom stereocenters. The van der Waals surface area contributed by atoms with E-state index in [1.807, 2.05) is 0 Å². The van der Waals surface area contributed by atoms with Gasteiger partial charge in [0.05, 0.1) is 13.2 Å². The normalized spacial score (nSPS) is 9.33. The molecule has 18 heavy (non-hydrogen) atoms. The molecule has 0 amide bonds. The zero-order chi connectivity index (χ0) is 10.9. The van der Waals surface area contributed by atoms with E-state index in [0.717, 1.165) is 12.8 Å². The topological polar surface area (TPSA) is 47.9 Å². The van der Waals surface area contributed by atoms with Gasteiger partial charge in [-0.1, -0.05) is 43.6 Å². The molecule has 118 valence electrons. The summed E-state index contributed by atoms with van der Waals surface area (Å²) < 4.78 is 15.2. The van der Waals surface area contributed by atoms with Crippen LogP contribution in [-0.2, 0) is 14.2 Å². The minimum Gasteiger partial charge on any atom is -0.371 e. The van der Waals surface area contributed by atoms with E-state index in [9.17, 15) is 0 Å². The van der Waals surface area contributed by atoms with Gasteiger partial charge in [0.25, 0.3) is 0 Å². The van der Waals surface area contributed by atoms with Crippen LogP contribution in [-0.4, -0.2) is 39.0 Å². The molecule has 0 aromatic rings. The number of methoxy groups -OCH3 is 1. The second kappa shape index (κ2) is 19.2. The standard InChI is InChI=1S/C10H22O4.4CH4/c1-4-10(5-2,6-13-8-11)7-14-9-12-3;;;;/h11H,4-9H2,1-3H3;4*1H4. The van der Waals surface area contributed by atoms with Crippen LogP contribution in [0, 0.1) is 5.41 Å². The highest BCUT2D eigenvalue weighted by Crippen LogP contribution is 2.27. The fourth-order valence-corrected chi connectivity index (χ4v) is 1.30. The Hall–Kier alpha value is -0.160. The number of rotatable bonds is 9. The SMILES string of the molecule is C.C.C.C.CCC(CC)(COCO)COCOC. The van der Waals surface area contributed by atoms with Gasteiger partial charge in [0.15, 0.2) is 0 Å². The van der Waals surface area contributed by atoms with Crippen molar-refractivity contribution < 1.29 is 19.3 Å². The summed E-state index contributed by atoms with van der Waals surface area (Å²) in [5, 5.41) is 8.60. The predicted octanol–water partition coefficient (Wildman–Crippen LogP) is 3.92. The van der Waals surface area contributed by atoms with Gasteiger partial charge in [-0.05, 0) is 12.8 Å². The molecule has 0 fully saturated rings. The van der Waals surface area contributed by atoms with Crippen LogP contribution in [0.15, 0.2) is 0 Å². The lowest BCUT2D eigenvalue weighted by Gasteiger charge is -2.30. The molecule has 0 rings (SSSR count). The summed E-state index contributed by atoms with van der Waals surface area (Å²) in [5.74, 6) is 0. The maximum absolute atomic E-state index is 8.60. The van der Waals surface area contributed by atoms with Gasteiger partial charge in [-0.2, -0.15) is 0 Å². The number of hydrogen-bond acceptors (Lipinski definition) is 4. The third kappa shape index (κ3) is 12.3. The first-order chi connectivity index (χ1) is 6.74. The Labute approximate surface area is 116 Å². The van der Waals surface area contributed by atoms with Gasteiger partial charge >= 0.3 is 0 Å². The Morgan fingerprint density at radius 1 is 0.889 bits per heavy atom. The zero-order valence-corrected chi connectivity index (χ0v) is 9.41. The van der Waals surface area contributed by atoms with E-state index in [-0.39, 0.29) is 41.9 Å². The van der Waals surface area contributed by atoms with Crippen molar-refractivity contribution in [3.63, 3.8) is 0 Å². The molecular weight excluding hydrogens is 232 g/mol. The van der Waals surface area contributed by atoms with E-state index in [2.05, 4.69) is 13.8 Å². The van der Waals surface area contributed by atoms with E-state index in [4.69, 9.17) is 19.3 Å². The van der Waals surface area contributed by atoms with Crippen LogP contribution in [0.3, 0.4) is 0 Å². The zero-order valence-electron chi connectivity index (χ0n) is 9.41. The van der Waals surface area contributed by atoms with E-state index in [1.165, 1.54) is 0 Å². The molecule has 0 unspecified atom stereocenters. The summed E-state index contributed by atoms with van der Waals surface area (Å²) in [6.07, 6.45) is 1.93. The van der Waals surface area contributed by atoms with Gasteiger partial charge in [-0.3, -0.25) is 0 Å². The molecule has 4 heteroatoms. The molecule has 4 nitrogen and oxygen atoms in total. The number of ether oxygens (including phenoxy) is 3. The van der Waals surface area contributed by atoms with Crippen molar-refractivity contribution in [1.29, 1.82) is 0 Å². The number of aliphatic hydroxyl groups is 1. The van der Waals surface area contributed by atoms with Crippen molar-refractivity contribution in [1.82, 2.24) is 0 Å². The Balaban J connectivity index is -0.000000141. The smallest absolute Gasteiger partial charge is 0.146 e. The fourth-order valence-electron chi connectivity index (χ4n) is 1.30. The minimum absolute atomic E-state index is 0. The largest absolute Gasteiger partial charge is 0.371 e. The van der Waals surface area contributed by atoms with Crippen molar-refractivity contribution in [3.05, 3.63) is 0 Å². The summed E-state index contributed by atoms with van der Waals surface area (Å²) in [6, 6.07) is 0. The lowest BCUT2D eigenvalue weighted by atomic mass is 9.84. The van der Waals surface area contributed by atoms with E-state index >= 15 is 0 Å². The van der Waals surface area contributed by atoms with Crippen LogP contribution in [0.5, 0.6) is 0 Å². The van der Waals surface area contributed by atoms with Gasteiger partial charge in [0.1, 0.15) is 13.6 Å². The summed E-state index contributed by atoms with van der Waals surface area (Å²) in [5.41, 5.74) is 0.00125. The van der Waals surface area contributed by atoms with Crippen LogP contribution < -0.4 is 0 Å². The van der Waals surface area contributed by atoms with Gasteiger partial charge < -0.3 is 19.3 Å². The van der Waals surface area contributed by atoms with Crippen LogP contribution in [0.2, 0.25) is 0 Å². The lowest BCUT2D eigenvalue weighted by molar-refractivity contribution is -0.105. The maximum Gasteiger partial charge on any atom is 0.146 e. The van der Waals surface area contributed by atoms with Crippen LogP contribution in [0.1, 0.15) is 56.4 Å². The molecule has 0 saturated carbocycles. The molecule has 0 aliphatic rings. The Kier molecular flexibility index (Phi) is 32.7. The molecule has 0 aromatic carbocycles. The Morgan fingerprint density at radius 2 is 1.33 bits per heavy atom. The predicted molar refractivity (Wildman–Crippen MR) is 80.8 cm³/mol. The quantitative estimate of drug-likeness (QED) is 0.509. The Bertz CT molecular complexity index is 125. The molecule has 0 spiro atoms. The van der Waals surface area contributed by atoms with Crippen molar-refractivity contribution in [2.24, 2.45) is 5.41 Å². The van der Waals surface area contributed by atoms with Gasteiger partial charge in [0.2, 0.25) is 0 Å². The molecule has 0 saturated heterocycles. The van der Waals surface area contributed by atoms with Gasteiger partial charge in [0, 0.05) is 12.5 Å². The van der Waals surface area contributed by atoms with Crippen molar-refractivity contribution >= 4 is 0 Å². The summed E-state index contributed by atoms with van der Waals surface area (Å²) in [7, 11) is 1.60. The van der Waals surface area contributed by atoms with Crippen LogP contribution >= 0.6 is 0 Å². The van der Waals surface area contributed by atoms with Crippen LogP contribution in [0.4, 0.5) is 0 Å². The molecule has 0 bridgehead atoms.